The van der Waals surface area contributed by atoms with Gasteiger partial charge >= 0.3 is 0 Å². The van der Waals surface area contributed by atoms with Crippen molar-refractivity contribution in [3.8, 4) is 5.69 Å². The van der Waals surface area contributed by atoms with E-state index in [1.165, 1.54) is 0 Å². The summed E-state index contributed by atoms with van der Waals surface area (Å²) >= 11 is 1.59. The predicted octanol–water partition coefficient (Wildman–Crippen LogP) is 2.19. The number of nitrogens with zero attached hydrogens (tertiary/aromatic N) is 8. The van der Waals surface area contributed by atoms with Gasteiger partial charge in [-0.05, 0) is 29.5 Å². The standard InChI is InChI=1S/C15H14N8S/c1-10(13-19-20-21-23(13)11-6-4-3-5-7-11)24-15-12-8-18-22(2)14(12)16-9-17-15/h3-10H,1-2H3/t10-/m1/s1. The lowest BCUT2D eigenvalue weighted by atomic mass is 10.3. The van der Waals surface area contributed by atoms with Crippen molar-refractivity contribution in [2.75, 3.05) is 0 Å². The summed E-state index contributed by atoms with van der Waals surface area (Å²) in [4.78, 5) is 8.66. The van der Waals surface area contributed by atoms with Crippen molar-refractivity contribution in [1.29, 1.82) is 0 Å². The van der Waals surface area contributed by atoms with Gasteiger partial charge in [-0.25, -0.2) is 9.97 Å². The summed E-state index contributed by atoms with van der Waals surface area (Å²) in [5, 5.41) is 18.2. The van der Waals surface area contributed by atoms with Crippen molar-refractivity contribution in [3.05, 3.63) is 48.7 Å². The molecule has 1 aromatic carbocycles. The molecule has 0 aliphatic rings. The largest absolute Gasteiger partial charge is 0.250 e. The highest BCUT2D eigenvalue weighted by molar-refractivity contribution is 7.99. The van der Waals surface area contributed by atoms with Gasteiger partial charge in [-0.15, -0.1) is 5.10 Å². The number of para-hydroxylation sites is 1. The first-order valence-corrected chi connectivity index (χ1v) is 8.25. The van der Waals surface area contributed by atoms with Crippen LogP contribution >= 0.6 is 11.8 Å². The van der Waals surface area contributed by atoms with Crippen LogP contribution in [-0.2, 0) is 7.05 Å². The van der Waals surface area contributed by atoms with E-state index in [0.29, 0.717) is 0 Å². The monoisotopic (exact) mass is 338 g/mol. The highest BCUT2D eigenvalue weighted by Gasteiger charge is 2.19. The molecule has 120 valence electrons. The SMILES string of the molecule is C[C@@H](Sc1ncnc2c1cnn2C)c1nnnn1-c1ccccc1. The topological polar surface area (TPSA) is 87.2 Å². The molecule has 0 saturated carbocycles. The Morgan fingerprint density at radius 1 is 1.12 bits per heavy atom. The molecule has 1 atom stereocenters. The molecule has 8 nitrogen and oxygen atoms in total. The second-order valence-electron chi connectivity index (χ2n) is 5.23. The molecule has 0 saturated heterocycles. The molecule has 4 rings (SSSR count). The highest BCUT2D eigenvalue weighted by Crippen LogP contribution is 2.35. The van der Waals surface area contributed by atoms with Gasteiger partial charge in [0.05, 0.1) is 22.5 Å². The van der Waals surface area contributed by atoms with Gasteiger partial charge in [0.15, 0.2) is 11.5 Å². The van der Waals surface area contributed by atoms with E-state index in [-0.39, 0.29) is 5.25 Å². The Morgan fingerprint density at radius 3 is 2.79 bits per heavy atom. The lowest BCUT2D eigenvalue weighted by molar-refractivity contribution is 0.762. The molecular weight excluding hydrogens is 324 g/mol. The fourth-order valence-corrected chi connectivity index (χ4v) is 3.42. The summed E-state index contributed by atoms with van der Waals surface area (Å²) in [6.07, 6.45) is 3.34. The van der Waals surface area contributed by atoms with Crippen LogP contribution in [0, 0.1) is 0 Å². The zero-order valence-corrected chi connectivity index (χ0v) is 13.9. The highest BCUT2D eigenvalue weighted by atomic mass is 32.2. The quantitative estimate of drug-likeness (QED) is 0.416. The van der Waals surface area contributed by atoms with Gasteiger partial charge < -0.3 is 0 Å². The van der Waals surface area contributed by atoms with Crippen LogP contribution in [-0.4, -0.2) is 40.0 Å². The lowest BCUT2D eigenvalue weighted by Gasteiger charge is -2.11. The molecule has 0 fully saturated rings. The van der Waals surface area contributed by atoms with Crippen molar-refractivity contribution in [1.82, 2.24) is 40.0 Å². The Labute approximate surface area is 141 Å². The summed E-state index contributed by atoms with van der Waals surface area (Å²) < 4.78 is 3.49. The maximum Gasteiger partial charge on any atom is 0.169 e. The minimum atomic E-state index is 0.0125. The second kappa shape index (κ2) is 6.00. The van der Waals surface area contributed by atoms with Crippen LogP contribution in [0.3, 0.4) is 0 Å². The first kappa shape index (κ1) is 14.8. The van der Waals surface area contributed by atoms with Crippen molar-refractivity contribution in [2.24, 2.45) is 7.05 Å². The van der Waals surface area contributed by atoms with Gasteiger partial charge in [0.1, 0.15) is 11.4 Å². The van der Waals surface area contributed by atoms with Crippen molar-refractivity contribution in [2.45, 2.75) is 17.2 Å². The Kier molecular flexibility index (Phi) is 3.69. The third kappa shape index (κ3) is 2.52. The third-order valence-corrected chi connectivity index (χ3v) is 4.75. The lowest BCUT2D eigenvalue weighted by Crippen LogP contribution is -2.05. The molecule has 0 aliphatic heterocycles. The summed E-state index contributed by atoms with van der Waals surface area (Å²) in [5.74, 6) is 0.766. The molecule has 0 aliphatic carbocycles. The van der Waals surface area contributed by atoms with Crippen LogP contribution in [0.5, 0.6) is 0 Å². The Hall–Kier alpha value is -2.81. The first-order chi connectivity index (χ1) is 11.7. The van der Waals surface area contributed by atoms with Gasteiger partial charge in [-0.2, -0.15) is 9.78 Å². The summed E-state index contributed by atoms with van der Waals surface area (Å²) in [5.41, 5.74) is 1.74. The average Bonchev–Trinajstić information content (AvgIpc) is 3.24. The first-order valence-electron chi connectivity index (χ1n) is 7.37. The van der Waals surface area contributed by atoms with Crippen LogP contribution in [0.15, 0.2) is 47.9 Å². The molecule has 3 aromatic heterocycles. The minimum absolute atomic E-state index is 0.0125. The van der Waals surface area contributed by atoms with Crippen LogP contribution in [0.1, 0.15) is 18.0 Å². The number of benzene rings is 1. The zero-order valence-electron chi connectivity index (χ0n) is 13.1. The van der Waals surface area contributed by atoms with E-state index in [1.807, 2.05) is 37.4 Å². The Bertz CT molecular complexity index is 977. The minimum Gasteiger partial charge on any atom is -0.250 e. The molecule has 3 heterocycles. The van der Waals surface area contributed by atoms with Crippen molar-refractivity contribution < 1.29 is 0 Å². The molecule has 24 heavy (non-hydrogen) atoms. The number of rotatable bonds is 4. The number of hydrogen-bond donors (Lipinski definition) is 0. The second-order valence-corrected chi connectivity index (χ2v) is 6.56. The van der Waals surface area contributed by atoms with E-state index in [4.69, 9.17) is 0 Å². The number of aryl methyl sites for hydroxylation is 1. The summed E-state index contributed by atoms with van der Waals surface area (Å²) in [7, 11) is 1.86. The van der Waals surface area contributed by atoms with E-state index in [0.717, 1.165) is 27.6 Å². The van der Waals surface area contributed by atoms with Crippen LogP contribution in [0.2, 0.25) is 0 Å². The number of thioether (sulfide) groups is 1. The normalized spacial score (nSPS) is 12.6. The third-order valence-electron chi connectivity index (χ3n) is 3.64. The molecule has 0 bridgehead atoms. The van der Waals surface area contributed by atoms with E-state index in [2.05, 4.69) is 37.5 Å². The predicted molar refractivity (Wildman–Crippen MR) is 89.7 cm³/mol. The molecule has 4 aromatic rings. The van der Waals surface area contributed by atoms with E-state index >= 15 is 0 Å². The fourth-order valence-electron chi connectivity index (χ4n) is 2.46. The molecule has 0 amide bonds. The average molecular weight is 338 g/mol. The maximum atomic E-state index is 4.39. The zero-order chi connectivity index (χ0) is 16.5. The smallest absolute Gasteiger partial charge is 0.169 e. The van der Waals surface area contributed by atoms with Crippen LogP contribution in [0.25, 0.3) is 16.7 Å². The number of hydrogen-bond acceptors (Lipinski definition) is 7. The number of tetrazole rings is 1. The summed E-state index contributed by atoms with van der Waals surface area (Å²) in [6, 6.07) is 9.83. The number of fused-ring (bicyclic) bond motifs is 1. The van der Waals surface area contributed by atoms with Crippen molar-refractivity contribution >= 4 is 22.8 Å². The molecule has 0 spiro atoms. The van der Waals surface area contributed by atoms with Gasteiger partial charge in [0, 0.05) is 7.05 Å². The van der Waals surface area contributed by atoms with Crippen molar-refractivity contribution in [3.63, 3.8) is 0 Å². The Balaban J connectivity index is 1.68. The molecule has 0 unspecified atom stereocenters. The van der Waals surface area contributed by atoms with E-state index < -0.39 is 0 Å². The molecule has 0 radical (unpaired) electrons. The fraction of sp³-hybridized carbons (Fsp3) is 0.200. The van der Waals surface area contributed by atoms with Gasteiger partial charge in [0.2, 0.25) is 0 Å². The maximum absolute atomic E-state index is 4.39. The van der Waals surface area contributed by atoms with E-state index in [1.54, 1.807) is 33.6 Å². The number of aromatic nitrogens is 8. The molecule has 0 N–H and O–H groups in total. The van der Waals surface area contributed by atoms with Crippen LogP contribution < -0.4 is 0 Å². The Morgan fingerprint density at radius 2 is 1.96 bits per heavy atom. The van der Waals surface area contributed by atoms with Crippen LogP contribution in [0.4, 0.5) is 0 Å². The van der Waals surface area contributed by atoms with Gasteiger partial charge in [-0.1, -0.05) is 30.0 Å². The molecule has 9 heteroatoms. The molecular formula is C15H14N8S. The van der Waals surface area contributed by atoms with Gasteiger partial charge in [-0.3, -0.25) is 4.68 Å². The van der Waals surface area contributed by atoms with Gasteiger partial charge in [0.25, 0.3) is 0 Å². The van der Waals surface area contributed by atoms with E-state index in [9.17, 15) is 0 Å². The summed E-state index contributed by atoms with van der Waals surface area (Å²) in [6.45, 7) is 2.06.